The van der Waals surface area contributed by atoms with E-state index < -0.39 is 204 Å². The Kier molecular flexibility index (Phi) is 19.7. The number of carbonyl (C=O) groups excluding carboxylic acids is 3. The van der Waals surface area contributed by atoms with E-state index in [4.69, 9.17) is 56.8 Å². The van der Waals surface area contributed by atoms with E-state index in [1.54, 1.807) is 0 Å². The maximum Gasteiger partial charge on any atom is 0.333 e. The number of carbonyl (C=O) groups is 3. The Bertz CT molecular complexity index is 1640. The molecule has 386 valence electrons. The maximum atomic E-state index is 13.2. The van der Waals surface area contributed by atoms with Crippen LogP contribution in [-0.2, 0) is 71.2 Å². The van der Waals surface area contributed by atoms with Crippen LogP contribution in [0.15, 0.2) is 12.2 Å². The molecule has 0 aromatic rings. The fourth-order valence-electron chi connectivity index (χ4n) is 7.88. The molecule has 29 nitrogen and oxygen atoms in total. The molecule has 67 heavy (non-hydrogen) atoms. The normalized spacial score (nSPS) is 46.0. The Labute approximate surface area is 379 Å². The summed E-state index contributed by atoms with van der Waals surface area (Å²) in [7, 11) is 0. The van der Waals surface area contributed by atoms with Gasteiger partial charge in [-0.3, -0.25) is 9.59 Å². The number of aliphatic hydroxyl groups is 14. The van der Waals surface area contributed by atoms with Crippen LogP contribution in [0.5, 0.6) is 0 Å². The molecule has 0 amide bonds. The van der Waals surface area contributed by atoms with Gasteiger partial charge < -0.3 is 128 Å². The molecule has 0 saturated carbocycles. The van der Waals surface area contributed by atoms with Gasteiger partial charge >= 0.3 is 17.9 Å². The number of rotatable bonds is 17. The van der Waals surface area contributed by atoms with Crippen molar-refractivity contribution in [2.45, 2.75) is 174 Å². The van der Waals surface area contributed by atoms with Gasteiger partial charge in [0.05, 0.1) is 33.0 Å². The number of aliphatic hydroxyl groups excluding tert-OH is 14. The lowest BCUT2D eigenvalue weighted by atomic mass is 9.95. The molecule has 14 N–H and O–H groups in total. The summed E-state index contributed by atoms with van der Waals surface area (Å²) < 4.78 is 68.2. The summed E-state index contributed by atoms with van der Waals surface area (Å²) in [5.74, 6) is -3.36. The highest BCUT2D eigenvalue weighted by Crippen LogP contribution is 2.37. The van der Waals surface area contributed by atoms with E-state index in [0.717, 1.165) is 13.8 Å². The SMILES string of the molecule is C=C(C)C(=O)O[C@@H]1[C@H](O)[C@H](O[C@H]2[C@H](OC(C)=O)[C@H](OC(C)=O)[C@H](O[C@H]3[C@H](O)[C@H](O)C(O)O[C@@H]3CO)O[C@@H]2CO)O[C@H](CO[C@H]2O[C@H](CO)[C@H](O)[C@H](O)[C@H]2O)[C@H]1O[C@@H]1O[C@H](CO)[C@@H](O)[C@H](O)[C@H]1O. The van der Waals surface area contributed by atoms with E-state index in [9.17, 15) is 85.9 Å². The van der Waals surface area contributed by atoms with Crippen molar-refractivity contribution in [1.29, 1.82) is 0 Å². The van der Waals surface area contributed by atoms with Gasteiger partial charge in [0.15, 0.2) is 49.8 Å². The summed E-state index contributed by atoms with van der Waals surface area (Å²) in [5, 5.41) is 147. The predicted molar refractivity (Wildman–Crippen MR) is 204 cm³/mol. The average molecular weight is 981 g/mol. The average Bonchev–Trinajstić information content (AvgIpc) is 3.28. The summed E-state index contributed by atoms with van der Waals surface area (Å²) in [6.45, 7) is 1.81. The highest BCUT2D eigenvalue weighted by molar-refractivity contribution is 5.87. The first kappa shape index (κ1) is 55.2. The van der Waals surface area contributed by atoms with Gasteiger partial charge in [0.25, 0.3) is 0 Å². The lowest BCUT2D eigenvalue weighted by Crippen LogP contribution is -2.69. The zero-order chi connectivity index (χ0) is 49.8. The smallest absolute Gasteiger partial charge is 0.333 e. The largest absolute Gasteiger partial charge is 0.455 e. The van der Waals surface area contributed by atoms with Gasteiger partial charge in [0.2, 0.25) is 0 Å². The van der Waals surface area contributed by atoms with Crippen molar-refractivity contribution >= 4 is 17.9 Å². The molecule has 0 radical (unpaired) electrons. The Balaban J connectivity index is 1.54. The van der Waals surface area contributed by atoms with Crippen molar-refractivity contribution in [2.75, 3.05) is 33.0 Å². The Morgan fingerprint density at radius 1 is 0.418 bits per heavy atom. The standard InChI is InChI=1S/C38H60O29/c1-10(2)33(54)64-30-26(53)37(63-17(9-56-35-24(51)20(47)18(45)13(5-39)60-35)29(30)67-36-25(52)21(48)19(46)14(6-40)61-36)66-28-16(8-42)62-38(32(58-12(4)44)31(28)57-11(3)43)65-27-15(7-41)59-34(55)23(50)22(27)49/h13-32,34-42,45-53,55H,1,5-9H2,2-4H3/t13-,14-,15-,16-,17-,18+,19-,20+,21+,22-,23+,24-,25-,26+,27-,28-,29-,30-,31+,32+,34?,35+,36+,37+,38+/m1/s1. The first-order valence-electron chi connectivity index (χ1n) is 20.9. The van der Waals surface area contributed by atoms with Crippen LogP contribution in [0.2, 0.25) is 0 Å². The van der Waals surface area contributed by atoms with E-state index in [1.807, 2.05) is 0 Å². The summed E-state index contributed by atoms with van der Waals surface area (Å²) >= 11 is 0. The lowest BCUT2D eigenvalue weighted by Gasteiger charge is -2.50. The molecule has 0 bridgehead atoms. The molecule has 25 atom stereocenters. The fourth-order valence-corrected chi connectivity index (χ4v) is 7.88. The first-order valence-corrected chi connectivity index (χ1v) is 20.9. The molecule has 0 aliphatic carbocycles. The molecule has 5 fully saturated rings. The van der Waals surface area contributed by atoms with Crippen LogP contribution < -0.4 is 0 Å². The third-order valence-electron chi connectivity index (χ3n) is 11.4. The second-order valence-corrected chi connectivity index (χ2v) is 16.3. The van der Waals surface area contributed by atoms with Crippen LogP contribution in [0.4, 0.5) is 0 Å². The summed E-state index contributed by atoms with van der Waals surface area (Å²) in [5.41, 5.74) is -0.262. The summed E-state index contributed by atoms with van der Waals surface area (Å²) in [6.07, 6.45) is -48.0. The second kappa shape index (κ2) is 23.9. The van der Waals surface area contributed by atoms with Gasteiger partial charge in [0.1, 0.15) is 104 Å². The molecule has 1 unspecified atom stereocenters. The van der Waals surface area contributed by atoms with Gasteiger partial charge in [-0.2, -0.15) is 0 Å². The number of hydrogen-bond acceptors (Lipinski definition) is 29. The molecule has 0 spiro atoms. The zero-order valence-electron chi connectivity index (χ0n) is 36.1. The van der Waals surface area contributed by atoms with Gasteiger partial charge in [-0.15, -0.1) is 0 Å². The lowest BCUT2D eigenvalue weighted by molar-refractivity contribution is -0.391. The van der Waals surface area contributed by atoms with Crippen molar-refractivity contribution in [3.05, 3.63) is 12.2 Å². The predicted octanol–water partition coefficient (Wildman–Crippen LogP) is -9.66. The molecule has 5 rings (SSSR count). The van der Waals surface area contributed by atoms with E-state index in [1.165, 1.54) is 6.92 Å². The third-order valence-corrected chi connectivity index (χ3v) is 11.4. The minimum absolute atomic E-state index is 0.262. The number of esters is 3. The van der Waals surface area contributed by atoms with Crippen LogP contribution in [0.25, 0.3) is 0 Å². The topological polar surface area (TPSA) is 445 Å². The van der Waals surface area contributed by atoms with Gasteiger partial charge in [0, 0.05) is 19.4 Å². The van der Waals surface area contributed by atoms with E-state index in [0.29, 0.717) is 0 Å². The first-order chi connectivity index (χ1) is 31.6. The number of hydrogen-bond donors (Lipinski definition) is 14. The van der Waals surface area contributed by atoms with Crippen LogP contribution >= 0.6 is 0 Å². The summed E-state index contributed by atoms with van der Waals surface area (Å²) in [6, 6.07) is 0. The molecular weight excluding hydrogens is 920 g/mol. The van der Waals surface area contributed by atoms with Crippen molar-refractivity contribution in [1.82, 2.24) is 0 Å². The van der Waals surface area contributed by atoms with Crippen molar-refractivity contribution in [3.63, 3.8) is 0 Å². The molecule has 5 aliphatic heterocycles. The maximum absolute atomic E-state index is 13.2. The Morgan fingerprint density at radius 3 is 1.37 bits per heavy atom. The van der Waals surface area contributed by atoms with Crippen LogP contribution in [0.3, 0.4) is 0 Å². The molecular formula is C38H60O29. The minimum atomic E-state index is -2.28. The Morgan fingerprint density at radius 2 is 0.851 bits per heavy atom. The molecule has 5 heterocycles. The molecule has 29 heteroatoms. The quantitative estimate of drug-likeness (QED) is 0.0366. The van der Waals surface area contributed by atoms with Crippen LogP contribution in [0.1, 0.15) is 20.8 Å². The third kappa shape index (κ3) is 12.4. The van der Waals surface area contributed by atoms with Crippen molar-refractivity contribution in [3.8, 4) is 0 Å². The van der Waals surface area contributed by atoms with Crippen LogP contribution in [0, 0.1) is 0 Å². The highest BCUT2D eigenvalue weighted by atomic mass is 16.8. The van der Waals surface area contributed by atoms with E-state index in [-0.39, 0.29) is 5.57 Å². The zero-order valence-corrected chi connectivity index (χ0v) is 36.1. The van der Waals surface area contributed by atoms with Crippen LogP contribution in [-0.4, -0.2) is 276 Å². The molecule has 0 aromatic carbocycles. The number of ether oxygens (including phenoxy) is 12. The highest BCUT2D eigenvalue weighted by Gasteiger charge is 2.59. The van der Waals surface area contributed by atoms with Gasteiger partial charge in [-0.05, 0) is 6.92 Å². The second-order valence-electron chi connectivity index (χ2n) is 16.3. The molecule has 5 saturated heterocycles. The van der Waals surface area contributed by atoms with Crippen molar-refractivity contribution in [2.24, 2.45) is 0 Å². The van der Waals surface area contributed by atoms with E-state index >= 15 is 0 Å². The molecule has 5 aliphatic rings. The monoisotopic (exact) mass is 980 g/mol. The summed E-state index contributed by atoms with van der Waals surface area (Å²) in [4.78, 5) is 38.5. The van der Waals surface area contributed by atoms with E-state index in [2.05, 4.69) is 6.58 Å². The van der Waals surface area contributed by atoms with Crippen molar-refractivity contribution < 1.29 is 143 Å². The Hall–Kier alpha value is -2.77. The van der Waals surface area contributed by atoms with Gasteiger partial charge in [-0.25, -0.2) is 4.79 Å². The van der Waals surface area contributed by atoms with Gasteiger partial charge in [-0.1, -0.05) is 6.58 Å². The fraction of sp³-hybridized carbons (Fsp3) is 0.868. The minimum Gasteiger partial charge on any atom is -0.455 e. The molecule has 0 aromatic heterocycles.